The van der Waals surface area contributed by atoms with Crippen LogP contribution < -0.4 is 11.5 Å². The maximum absolute atomic E-state index is 13.6. The summed E-state index contributed by atoms with van der Waals surface area (Å²) in [7, 11) is 0. The van der Waals surface area contributed by atoms with Gasteiger partial charge in [-0.3, -0.25) is 4.79 Å². The number of halogens is 3. The highest BCUT2D eigenvalue weighted by Crippen LogP contribution is 2.43. The van der Waals surface area contributed by atoms with Crippen LogP contribution in [0.3, 0.4) is 0 Å². The highest BCUT2D eigenvalue weighted by Gasteiger charge is 2.36. The number of carbonyl (C=O) groups is 1. The maximum atomic E-state index is 13.6. The quantitative estimate of drug-likeness (QED) is 0.711. The number of benzene rings is 1. The minimum atomic E-state index is -4.64. The number of amides is 1. The molecule has 0 radical (unpaired) electrons. The zero-order valence-corrected chi connectivity index (χ0v) is 14.2. The van der Waals surface area contributed by atoms with Crippen LogP contribution in [0.1, 0.15) is 26.4 Å². The molecular formula is C17H14F3N3OS. The predicted molar refractivity (Wildman–Crippen MR) is 92.5 cm³/mol. The first-order valence-corrected chi connectivity index (χ1v) is 8.09. The van der Waals surface area contributed by atoms with Crippen LogP contribution in [-0.4, -0.2) is 10.9 Å². The van der Waals surface area contributed by atoms with Crippen molar-refractivity contribution in [2.45, 2.75) is 20.0 Å². The highest BCUT2D eigenvalue weighted by atomic mass is 32.1. The molecule has 0 bridgehead atoms. The molecule has 2 heterocycles. The summed E-state index contributed by atoms with van der Waals surface area (Å²) in [6.07, 6.45) is -4.64. The van der Waals surface area contributed by atoms with Crippen molar-refractivity contribution in [3.05, 3.63) is 45.8 Å². The molecule has 4 nitrogen and oxygen atoms in total. The van der Waals surface area contributed by atoms with Gasteiger partial charge in [0.1, 0.15) is 9.71 Å². The molecule has 0 fully saturated rings. The Morgan fingerprint density at radius 3 is 2.40 bits per heavy atom. The summed E-state index contributed by atoms with van der Waals surface area (Å²) < 4.78 is 40.7. The van der Waals surface area contributed by atoms with Crippen molar-refractivity contribution in [3.63, 3.8) is 0 Å². The minimum absolute atomic E-state index is 0.0364. The zero-order valence-electron chi connectivity index (χ0n) is 13.4. The van der Waals surface area contributed by atoms with E-state index in [4.69, 9.17) is 11.5 Å². The lowest BCUT2D eigenvalue weighted by atomic mass is 10.0. The number of nitrogen functional groups attached to an aromatic ring is 1. The molecule has 0 atom stereocenters. The molecule has 3 rings (SSSR count). The number of thiophene rings is 1. The Hall–Kier alpha value is -2.61. The Morgan fingerprint density at radius 1 is 1.16 bits per heavy atom. The molecule has 0 unspecified atom stereocenters. The van der Waals surface area contributed by atoms with Crippen molar-refractivity contribution in [3.8, 4) is 11.3 Å². The van der Waals surface area contributed by atoms with Crippen LogP contribution in [0.5, 0.6) is 0 Å². The van der Waals surface area contributed by atoms with E-state index >= 15 is 0 Å². The van der Waals surface area contributed by atoms with Crippen molar-refractivity contribution in [2.75, 3.05) is 5.73 Å². The molecule has 3 aromatic rings. The number of carbonyl (C=O) groups excluding carboxylic acids is 1. The molecule has 4 N–H and O–H groups in total. The van der Waals surface area contributed by atoms with Gasteiger partial charge < -0.3 is 11.5 Å². The molecule has 130 valence electrons. The summed E-state index contributed by atoms with van der Waals surface area (Å²) in [6, 6.07) is 6.26. The highest BCUT2D eigenvalue weighted by molar-refractivity contribution is 7.21. The molecule has 0 saturated carbocycles. The Kier molecular flexibility index (Phi) is 3.95. The van der Waals surface area contributed by atoms with Gasteiger partial charge >= 0.3 is 6.18 Å². The number of pyridine rings is 1. The van der Waals surface area contributed by atoms with Gasteiger partial charge in [-0.1, -0.05) is 12.1 Å². The van der Waals surface area contributed by atoms with Crippen molar-refractivity contribution in [1.82, 2.24) is 4.98 Å². The lowest BCUT2D eigenvalue weighted by Crippen LogP contribution is -2.11. The molecule has 0 aliphatic rings. The van der Waals surface area contributed by atoms with E-state index < -0.39 is 17.6 Å². The third-order valence-electron chi connectivity index (χ3n) is 4.03. The average molecular weight is 365 g/mol. The van der Waals surface area contributed by atoms with Gasteiger partial charge in [0.15, 0.2) is 0 Å². The second-order valence-electron chi connectivity index (χ2n) is 5.74. The van der Waals surface area contributed by atoms with Crippen LogP contribution >= 0.6 is 11.3 Å². The third-order valence-corrected chi connectivity index (χ3v) is 5.14. The number of hydrogen-bond acceptors (Lipinski definition) is 4. The van der Waals surface area contributed by atoms with Gasteiger partial charge in [-0.2, -0.15) is 13.2 Å². The minimum Gasteiger partial charge on any atom is -0.397 e. The Labute approximate surface area is 145 Å². The average Bonchev–Trinajstić information content (AvgIpc) is 2.85. The number of alkyl halides is 3. The van der Waals surface area contributed by atoms with Gasteiger partial charge in [0, 0.05) is 10.9 Å². The Balaban J connectivity index is 2.35. The van der Waals surface area contributed by atoms with E-state index in [2.05, 4.69) is 4.98 Å². The fourth-order valence-electron chi connectivity index (χ4n) is 2.58. The van der Waals surface area contributed by atoms with E-state index in [1.807, 2.05) is 19.9 Å². The first kappa shape index (κ1) is 17.2. The summed E-state index contributed by atoms with van der Waals surface area (Å²) in [5, 5.41) is -0.279. The van der Waals surface area contributed by atoms with E-state index in [1.54, 1.807) is 12.1 Å². The Morgan fingerprint density at radius 2 is 1.84 bits per heavy atom. The molecule has 0 spiro atoms. The van der Waals surface area contributed by atoms with E-state index in [1.165, 1.54) is 0 Å². The van der Waals surface area contributed by atoms with Crippen LogP contribution in [0.4, 0.5) is 18.9 Å². The second kappa shape index (κ2) is 5.73. The number of aryl methyl sites for hydroxylation is 2. The molecular weight excluding hydrogens is 351 g/mol. The van der Waals surface area contributed by atoms with Crippen LogP contribution in [0.2, 0.25) is 0 Å². The monoisotopic (exact) mass is 365 g/mol. The molecule has 0 aliphatic heterocycles. The maximum Gasteiger partial charge on any atom is 0.417 e. The number of nitrogens with zero attached hydrogens (tertiary/aromatic N) is 1. The molecule has 2 aromatic heterocycles. The topological polar surface area (TPSA) is 82.0 Å². The van der Waals surface area contributed by atoms with Gasteiger partial charge in [-0.05, 0) is 37.1 Å². The normalized spacial score (nSPS) is 11.9. The summed E-state index contributed by atoms with van der Waals surface area (Å²) in [4.78, 5) is 15.6. The van der Waals surface area contributed by atoms with E-state index in [-0.39, 0.29) is 26.5 Å². The Bertz CT molecular complexity index is 1010. The second-order valence-corrected chi connectivity index (χ2v) is 6.74. The van der Waals surface area contributed by atoms with E-state index in [0.29, 0.717) is 5.56 Å². The fourth-order valence-corrected chi connectivity index (χ4v) is 3.55. The van der Waals surface area contributed by atoms with Gasteiger partial charge in [-0.15, -0.1) is 11.3 Å². The van der Waals surface area contributed by atoms with Crippen LogP contribution in [0, 0.1) is 13.8 Å². The summed E-state index contributed by atoms with van der Waals surface area (Å²) >= 11 is 0.768. The van der Waals surface area contributed by atoms with Crippen LogP contribution in [0.15, 0.2) is 24.3 Å². The standard InChI is InChI=1S/C17H14F3N3OS/c1-7-3-4-9(5-8(7)2)11-6-10(17(18,19)20)12-13(21)14(15(22)24)25-16(12)23-11/h3-6H,21H2,1-2H3,(H2,22,24). The van der Waals surface area contributed by atoms with Crippen molar-refractivity contribution < 1.29 is 18.0 Å². The number of anilines is 1. The van der Waals surface area contributed by atoms with Crippen molar-refractivity contribution >= 4 is 33.1 Å². The largest absolute Gasteiger partial charge is 0.417 e. The lowest BCUT2D eigenvalue weighted by molar-refractivity contribution is -0.136. The number of hydrogen-bond donors (Lipinski definition) is 2. The number of primary amides is 1. The van der Waals surface area contributed by atoms with Gasteiger partial charge in [0.25, 0.3) is 5.91 Å². The summed E-state index contributed by atoms with van der Waals surface area (Å²) in [5.74, 6) is -0.874. The number of fused-ring (bicyclic) bond motifs is 1. The SMILES string of the molecule is Cc1ccc(-c2cc(C(F)(F)F)c3c(N)c(C(N)=O)sc3n2)cc1C. The van der Waals surface area contributed by atoms with Crippen LogP contribution in [-0.2, 0) is 6.18 Å². The molecule has 8 heteroatoms. The van der Waals surface area contributed by atoms with E-state index in [0.717, 1.165) is 28.5 Å². The molecule has 25 heavy (non-hydrogen) atoms. The number of aromatic nitrogens is 1. The summed E-state index contributed by atoms with van der Waals surface area (Å²) in [5.41, 5.74) is 12.4. The van der Waals surface area contributed by atoms with Crippen molar-refractivity contribution in [2.24, 2.45) is 5.73 Å². The smallest absolute Gasteiger partial charge is 0.397 e. The first-order chi connectivity index (χ1) is 11.6. The van der Waals surface area contributed by atoms with E-state index in [9.17, 15) is 18.0 Å². The molecule has 1 amide bonds. The van der Waals surface area contributed by atoms with Gasteiger partial charge in [-0.25, -0.2) is 4.98 Å². The predicted octanol–water partition coefficient (Wildman–Crippen LogP) is 4.28. The fraction of sp³-hybridized carbons (Fsp3) is 0.176. The van der Waals surface area contributed by atoms with Gasteiger partial charge in [0.05, 0.1) is 16.9 Å². The molecule has 0 saturated heterocycles. The first-order valence-electron chi connectivity index (χ1n) is 7.27. The van der Waals surface area contributed by atoms with Gasteiger partial charge in [0.2, 0.25) is 0 Å². The number of nitrogens with two attached hydrogens (primary N) is 2. The molecule has 0 aliphatic carbocycles. The van der Waals surface area contributed by atoms with Crippen molar-refractivity contribution in [1.29, 1.82) is 0 Å². The molecule has 1 aromatic carbocycles. The van der Waals surface area contributed by atoms with Crippen LogP contribution in [0.25, 0.3) is 21.5 Å². The lowest BCUT2D eigenvalue weighted by Gasteiger charge is -2.12. The third kappa shape index (κ3) is 2.93. The summed E-state index contributed by atoms with van der Waals surface area (Å²) in [6.45, 7) is 3.78. The zero-order chi connectivity index (χ0) is 18.5. The number of rotatable bonds is 2.